The molecule has 0 atom stereocenters. The maximum atomic E-state index is 11.9. The molecule has 1 heterocycles. The topological polar surface area (TPSA) is 88.4 Å². The van der Waals surface area contributed by atoms with Gasteiger partial charge < -0.3 is 15.0 Å². The van der Waals surface area contributed by atoms with Crippen LogP contribution in [0.15, 0.2) is 51.9 Å². The van der Waals surface area contributed by atoms with Gasteiger partial charge in [0.15, 0.2) is 0 Å². The lowest BCUT2D eigenvalue weighted by Gasteiger charge is -2.08. The van der Waals surface area contributed by atoms with Crippen LogP contribution in [-0.2, 0) is 11.3 Å². The molecule has 0 bridgehead atoms. The summed E-state index contributed by atoms with van der Waals surface area (Å²) in [5.74, 6) is -1.57. The molecule has 0 radical (unpaired) electrons. The molecule has 21 heavy (non-hydrogen) atoms. The van der Waals surface area contributed by atoms with Gasteiger partial charge in [-0.1, -0.05) is 12.1 Å². The van der Waals surface area contributed by atoms with E-state index in [4.69, 9.17) is 5.11 Å². The first-order valence-electron chi connectivity index (χ1n) is 5.95. The first-order chi connectivity index (χ1) is 9.97. The van der Waals surface area contributed by atoms with Gasteiger partial charge >= 0.3 is 5.97 Å². The van der Waals surface area contributed by atoms with Gasteiger partial charge in [0.25, 0.3) is 5.56 Å². The van der Waals surface area contributed by atoms with E-state index in [0.717, 1.165) is 15.1 Å². The fourth-order valence-corrected chi connectivity index (χ4v) is 2.06. The Balaban J connectivity index is 2.12. The number of anilines is 1. The van der Waals surface area contributed by atoms with Gasteiger partial charge in [-0.05, 0) is 34.1 Å². The predicted octanol–water partition coefficient (Wildman–Crippen LogP) is 1.95. The largest absolute Gasteiger partial charge is 0.478 e. The fourth-order valence-electron chi connectivity index (χ4n) is 1.68. The van der Waals surface area contributed by atoms with Crippen LogP contribution in [0.4, 0.5) is 5.69 Å². The van der Waals surface area contributed by atoms with Crippen molar-refractivity contribution in [3.8, 4) is 0 Å². The van der Waals surface area contributed by atoms with E-state index >= 15 is 0 Å². The van der Waals surface area contributed by atoms with E-state index in [2.05, 4.69) is 21.2 Å². The Morgan fingerprint density at radius 1 is 1.24 bits per heavy atom. The van der Waals surface area contributed by atoms with E-state index in [1.165, 1.54) is 12.3 Å². The molecule has 1 aromatic heterocycles. The van der Waals surface area contributed by atoms with E-state index in [1.807, 2.05) is 6.07 Å². The number of carbonyl (C=O) groups excluding carboxylic acids is 1. The summed E-state index contributed by atoms with van der Waals surface area (Å²) in [5, 5.41) is 11.4. The molecule has 2 aromatic rings. The van der Waals surface area contributed by atoms with E-state index in [1.54, 1.807) is 18.2 Å². The number of rotatable bonds is 4. The number of amides is 1. The van der Waals surface area contributed by atoms with Crippen molar-refractivity contribution in [2.24, 2.45) is 0 Å². The normalized spacial score (nSPS) is 10.1. The third-order valence-corrected chi connectivity index (χ3v) is 3.40. The van der Waals surface area contributed by atoms with Crippen molar-refractivity contribution in [2.75, 3.05) is 5.32 Å². The molecule has 0 unspecified atom stereocenters. The monoisotopic (exact) mass is 350 g/mol. The number of aromatic carboxylic acids is 1. The van der Waals surface area contributed by atoms with Crippen LogP contribution in [0.5, 0.6) is 0 Å². The molecule has 0 saturated carbocycles. The van der Waals surface area contributed by atoms with Crippen LogP contribution >= 0.6 is 15.9 Å². The molecule has 0 aliphatic carbocycles. The molecule has 108 valence electrons. The number of nitrogens with zero attached hydrogens (tertiary/aromatic N) is 1. The number of pyridine rings is 1. The average molecular weight is 351 g/mol. The second-order valence-corrected chi connectivity index (χ2v) is 5.07. The third kappa shape index (κ3) is 3.79. The molecule has 0 fully saturated rings. The van der Waals surface area contributed by atoms with Gasteiger partial charge in [0.2, 0.25) is 5.91 Å². The highest BCUT2D eigenvalue weighted by molar-refractivity contribution is 9.10. The summed E-state index contributed by atoms with van der Waals surface area (Å²) in [4.78, 5) is 34.3. The number of nitrogens with one attached hydrogen (secondary N) is 1. The maximum Gasteiger partial charge on any atom is 0.335 e. The number of carboxylic acids is 1. The van der Waals surface area contributed by atoms with Crippen LogP contribution in [0.2, 0.25) is 0 Å². The average Bonchev–Trinajstić information content (AvgIpc) is 2.43. The molecule has 1 aromatic carbocycles. The fraction of sp³-hybridized carbons (Fsp3) is 0.0714. The summed E-state index contributed by atoms with van der Waals surface area (Å²) in [7, 11) is 0. The molecule has 2 rings (SSSR count). The Labute approximate surface area is 128 Å². The number of hydrogen-bond donors (Lipinski definition) is 2. The number of benzene rings is 1. The molecule has 0 aliphatic heterocycles. The summed E-state index contributed by atoms with van der Waals surface area (Å²) in [5.41, 5.74) is -0.0580. The van der Waals surface area contributed by atoms with E-state index in [9.17, 15) is 14.4 Å². The Morgan fingerprint density at radius 2 is 1.95 bits per heavy atom. The van der Waals surface area contributed by atoms with Crippen molar-refractivity contribution in [3.63, 3.8) is 0 Å². The molecule has 0 saturated heterocycles. The van der Waals surface area contributed by atoms with Gasteiger partial charge in [-0.15, -0.1) is 0 Å². The lowest BCUT2D eigenvalue weighted by molar-refractivity contribution is -0.116. The number of aromatic nitrogens is 1. The zero-order chi connectivity index (χ0) is 15.4. The highest BCUT2D eigenvalue weighted by Gasteiger charge is 2.09. The summed E-state index contributed by atoms with van der Waals surface area (Å²) >= 11 is 3.30. The van der Waals surface area contributed by atoms with Gasteiger partial charge in [-0.25, -0.2) is 4.79 Å². The van der Waals surface area contributed by atoms with Gasteiger partial charge in [0, 0.05) is 16.7 Å². The van der Waals surface area contributed by atoms with E-state index in [-0.39, 0.29) is 18.0 Å². The Bertz CT molecular complexity index is 755. The molecule has 1 amide bonds. The van der Waals surface area contributed by atoms with Crippen LogP contribution in [-0.4, -0.2) is 21.6 Å². The first-order valence-corrected chi connectivity index (χ1v) is 6.75. The minimum absolute atomic E-state index is 0.109. The highest BCUT2D eigenvalue weighted by Crippen LogP contribution is 2.20. The van der Waals surface area contributed by atoms with Crippen molar-refractivity contribution in [1.82, 2.24) is 4.57 Å². The number of halogens is 1. The van der Waals surface area contributed by atoms with Crippen molar-refractivity contribution in [3.05, 3.63) is 63.0 Å². The van der Waals surface area contributed by atoms with Gasteiger partial charge in [-0.2, -0.15) is 0 Å². The van der Waals surface area contributed by atoms with Gasteiger partial charge in [0.1, 0.15) is 6.54 Å². The number of carbonyl (C=O) groups is 2. The highest BCUT2D eigenvalue weighted by atomic mass is 79.9. The SMILES string of the molecule is O=C(Cn1ccc(C(=O)O)cc1=O)Nc1ccccc1Br. The Kier molecular flexibility index (Phi) is 4.54. The number of hydrogen-bond acceptors (Lipinski definition) is 3. The smallest absolute Gasteiger partial charge is 0.335 e. The summed E-state index contributed by atoms with van der Waals surface area (Å²) < 4.78 is 1.87. The standard InChI is InChI=1S/C14H11BrN2O4/c15-10-3-1-2-4-11(10)16-12(18)8-17-6-5-9(14(20)21)7-13(17)19/h1-7H,8H2,(H,16,18)(H,20,21). The molecule has 6 nitrogen and oxygen atoms in total. The number of para-hydroxylation sites is 1. The van der Waals surface area contributed by atoms with Crippen LogP contribution < -0.4 is 10.9 Å². The predicted molar refractivity (Wildman–Crippen MR) is 80.4 cm³/mol. The van der Waals surface area contributed by atoms with Crippen LogP contribution in [0.3, 0.4) is 0 Å². The van der Waals surface area contributed by atoms with Crippen molar-refractivity contribution >= 4 is 33.5 Å². The molecular formula is C14H11BrN2O4. The molecule has 0 aliphatic rings. The van der Waals surface area contributed by atoms with Crippen molar-refractivity contribution < 1.29 is 14.7 Å². The summed E-state index contributed by atoms with van der Waals surface area (Å²) in [6.07, 6.45) is 1.28. The quantitative estimate of drug-likeness (QED) is 0.881. The lowest BCUT2D eigenvalue weighted by Crippen LogP contribution is -2.27. The second kappa shape index (κ2) is 6.36. The van der Waals surface area contributed by atoms with Gasteiger partial charge in [0.05, 0.1) is 11.3 Å². The lowest BCUT2D eigenvalue weighted by atomic mass is 10.2. The summed E-state index contributed by atoms with van der Waals surface area (Å²) in [6.45, 7) is -0.194. The Hall–Kier alpha value is -2.41. The molecule has 0 spiro atoms. The zero-order valence-electron chi connectivity index (χ0n) is 10.7. The summed E-state index contributed by atoms with van der Waals surface area (Å²) in [6, 6.07) is 9.34. The molecule has 7 heteroatoms. The van der Waals surface area contributed by atoms with Crippen LogP contribution in [0, 0.1) is 0 Å². The van der Waals surface area contributed by atoms with Crippen molar-refractivity contribution in [1.29, 1.82) is 0 Å². The van der Waals surface area contributed by atoms with E-state index in [0.29, 0.717) is 5.69 Å². The van der Waals surface area contributed by atoms with E-state index < -0.39 is 11.5 Å². The number of carboxylic acid groups (broad SMARTS) is 1. The minimum Gasteiger partial charge on any atom is -0.478 e. The third-order valence-electron chi connectivity index (χ3n) is 2.70. The van der Waals surface area contributed by atoms with Crippen LogP contribution in [0.25, 0.3) is 0 Å². The molecular weight excluding hydrogens is 340 g/mol. The zero-order valence-corrected chi connectivity index (χ0v) is 12.3. The minimum atomic E-state index is -1.18. The Morgan fingerprint density at radius 3 is 2.57 bits per heavy atom. The van der Waals surface area contributed by atoms with Gasteiger partial charge in [-0.3, -0.25) is 9.59 Å². The first kappa shape index (κ1) is 15.0. The second-order valence-electron chi connectivity index (χ2n) is 4.21. The van der Waals surface area contributed by atoms with Crippen molar-refractivity contribution in [2.45, 2.75) is 6.54 Å². The van der Waals surface area contributed by atoms with Crippen LogP contribution in [0.1, 0.15) is 10.4 Å². The maximum absolute atomic E-state index is 11.9. The molecule has 2 N–H and O–H groups in total.